The van der Waals surface area contributed by atoms with Crippen molar-refractivity contribution >= 4 is 23.5 Å². The SMILES string of the molecule is CCOc1cc(/C=N/NCc2ccc(OC)c(OC)c2)cc(Cl)c1OCc1ccc([N+](=O)[O-])cc1. The number of non-ortho nitro benzene ring substituents is 1. The van der Waals surface area contributed by atoms with Crippen molar-refractivity contribution in [1.82, 2.24) is 5.43 Å². The number of nitrogens with one attached hydrogen (secondary N) is 1. The first-order chi connectivity index (χ1) is 16.9. The molecule has 0 saturated carbocycles. The van der Waals surface area contributed by atoms with Crippen LogP contribution in [-0.4, -0.2) is 32.0 Å². The lowest BCUT2D eigenvalue weighted by molar-refractivity contribution is -0.384. The predicted molar refractivity (Wildman–Crippen MR) is 134 cm³/mol. The van der Waals surface area contributed by atoms with Gasteiger partial charge in [0.05, 0.1) is 43.5 Å². The number of hydrazone groups is 1. The molecule has 3 rings (SSSR count). The van der Waals surface area contributed by atoms with Crippen LogP contribution in [0.5, 0.6) is 23.0 Å². The molecule has 184 valence electrons. The molecular formula is C25H26ClN3O6. The predicted octanol–water partition coefficient (Wildman–Crippen LogP) is 5.37. The fourth-order valence-corrected chi connectivity index (χ4v) is 3.46. The highest BCUT2D eigenvalue weighted by Crippen LogP contribution is 2.37. The van der Waals surface area contributed by atoms with E-state index in [4.69, 9.17) is 30.5 Å². The van der Waals surface area contributed by atoms with E-state index >= 15 is 0 Å². The monoisotopic (exact) mass is 499 g/mol. The summed E-state index contributed by atoms with van der Waals surface area (Å²) in [5, 5.41) is 15.4. The lowest BCUT2D eigenvalue weighted by Gasteiger charge is -2.14. The molecule has 0 atom stereocenters. The molecule has 0 aliphatic heterocycles. The van der Waals surface area contributed by atoms with Crippen LogP contribution in [-0.2, 0) is 13.2 Å². The topological polar surface area (TPSA) is 104 Å². The molecule has 0 saturated heterocycles. The maximum Gasteiger partial charge on any atom is 0.269 e. The van der Waals surface area contributed by atoms with Gasteiger partial charge in [-0.25, -0.2) is 0 Å². The minimum Gasteiger partial charge on any atom is -0.493 e. The fourth-order valence-electron chi connectivity index (χ4n) is 3.18. The van der Waals surface area contributed by atoms with Gasteiger partial charge in [0, 0.05) is 12.1 Å². The first kappa shape index (κ1) is 25.6. The highest BCUT2D eigenvalue weighted by atomic mass is 35.5. The van der Waals surface area contributed by atoms with Gasteiger partial charge in [-0.05, 0) is 60.0 Å². The number of methoxy groups -OCH3 is 2. The van der Waals surface area contributed by atoms with Crippen molar-refractivity contribution in [3.05, 3.63) is 86.4 Å². The number of nitro groups is 1. The van der Waals surface area contributed by atoms with Crippen molar-refractivity contribution in [2.24, 2.45) is 5.10 Å². The van der Waals surface area contributed by atoms with E-state index in [9.17, 15) is 10.1 Å². The molecule has 0 unspecified atom stereocenters. The Hall–Kier alpha value is -3.98. The summed E-state index contributed by atoms with van der Waals surface area (Å²) in [4.78, 5) is 10.4. The molecule has 9 nitrogen and oxygen atoms in total. The third-order valence-corrected chi connectivity index (χ3v) is 5.18. The summed E-state index contributed by atoms with van der Waals surface area (Å²) >= 11 is 6.47. The third-order valence-electron chi connectivity index (χ3n) is 4.90. The normalized spacial score (nSPS) is 10.7. The number of hydrogen-bond acceptors (Lipinski definition) is 8. The van der Waals surface area contributed by atoms with Crippen LogP contribution in [0, 0.1) is 10.1 Å². The molecule has 35 heavy (non-hydrogen) atoms. The standard InChI is InChI=1S/C25H26ClN3O6/c1-4-34-24-13-19(15-28-27-14-18-7-10-22(32-2)23(12-18)33-3)11-21(26)25(24)35-16-17-5-8-20(9-6-17)29(30)31/h5-13,15,27H,4,14,16H2,1-3H3/b28-15+. The average molecular weight is 500 g/mol. The van der Waals surface area contributed by atoms with Crippen LogP contribution in [0.25, 0.3) is 0 Å². The molecule has 0 heterocycles. The molecule has 0 fully saturated rings. The zero-order valence-corrected chi connectivity index (χ0v) is 20.4. The second-order valence-electron chi connectivity index (χ2n) is 7.26. The van der Waals surface area contributed by atoms with Crippen LogP contribution in [0.3, 0.4) is 0 Å². The fraction of sp³-hybridized carbons (Fsp3) is 0.240. The van der Waals surface area contributed by atoms with Gasteiger partial charge in [0.2, 0.25) is 0 Å². The molecule has 0 bridgehead atoms. The van der Waals surface area contributed by atoms with Gasteiger partial charge in [-0.2, -0.15) is 5.10 Å². The number of benzene rings is 3. The molecule has 0 amide bonds. The number of nitrogens with zero attached hydrogens (tertiary/aromatic N) is 2. The Bertz CT molecular complexity index is 1180. The number of ether oxygens (including phenoxy) is 4. The minimum absolute atomic E-state index is 0.0187. The molecular weight excluding hydrogens is 474 g/mol. The smallest absolute Gasteiger partial charge is 0.269 e. The van der Waals surface area contributed by atoms with Crippen molar-refractivity contribution < 1.29 is 23.9 Å². The molecule has 3 aromatic rings. The molecule has 0 radical (unpaired) electrons. The van der Waals surface area contributed by atoms with Crippen molar-refractivity contribution in [2.45, 2.75) is 20.1 Å². The lowest BCUT2D eigenvalue weighted by atomic mass is 10.2. The first-order valence-electron chi connectivity index (χ1n) is 10.7. The Morgan fingerprint density at radius 1 is 0.971 bits per heavy atom. The van der Waals surface area contributed by atoms with Crippen molar-refractivity contribution in [1.29, 1.82) is 0 Å². The maximum absolute atomic E-state index is 10.8. The van der Waals surface area contributed by atoms with Crippen molar-refractivity contribution in [3.8, 4) is 23.0 Å². The summed E-state index contributed by atoms with van der Waals surface area (Å²) in [6.45, 7) is 2.94. The molecule has 0 aliphatic carbocycles. The summed E-state index contributed by atoms with van der Waals surface area (Å²) in [6.07, 6.45) is 1.63. The second kappa shape index (κ2) is 12.5. The molecule has 0 aliphatic rings. The number of nitro benzene ring substituents is 1. The summed E-state index contributed by atoms with van der Waals surface area (Å²) in [5.41, 5.74) is 5.47. The van der Waals surface area contributed by atoms with Gasteiger partial charge in [0.1, 0.15) is 6.61 Å². The van der Waals surface area contributed by atoms with Gasteiger partial charge in [-0.1, -0.05) is 17.7 Å². The van der Waals surface area contributed by atoms with E-state index in [0.717, 1.165) is 16.7 Å². The van der Waals surface area contributed by atoms with Crippen LogP contribution in [0.4, 0.5) is 5.69 Å². The lowest BCUT2D eigenvalue weighted by Crippen LogP contribution is -2.06. The van der Waals surface area contributed by atoms with Gasteiger partial charge in [0.25, 0.3) is 5.69 Å². The van der Waals surface area contributed by atoms with Gasteiger partial charge < -0.3 is 24.4 Å². The quantitative estimate of drug-likeness (QED) is 0.203. The van der Waals surface area contributed by atoms with E-state index in [1.54, 1.807) is 44.7 Å². The van der Waals surface area contributed by atoms with Crippen molar-refractivity contribution in [2.75, 3.05) is 20.8 Å². The molecule has 1 N–H and O–H groups in total. The van der Waals surface area contributed by atoms with Crippen LogP contribution in [0.2, 0.25) is 5.02 Å². The van der Waals surface area contributed by atoms with E-state index in [1.807, 2.05) is 25.1 Å². The van der Waals surface area contributed by atoms with Gasteiger partial charge in [0.15, 0.2) is 23.0 Å². The van der Waals surface area contributed by atoms with E-state index < -0.39 is 4.92 Å². The average Bonchev–Trinajstić information content (AvgIpc) is 2.86. The number of halogens is 1. The number of rotatable bonds is 12. The molecule has 0 aromatic heterocycles. The van der Waals surface area contributed by atoms with Crippen LogP contribution in [0.15, 0.2) is 59.7 Å². The number of hydrogen-bond donors (Lipinski definition) is 1. The molecule has 0 spiro atoms. The second-order valence-corrected chi connectivity index (χ2v) is 7.66. The summed E-state index contributed by atoms with van der Waals surface area (Å²) in [5.74, 6) is 2.17. The highest BCUT2D eigenvalue weighted by molar-refractivity contribution is 6.32. The van der Waals surface area contributed by atoms with Crippen LogP contribution in [0.1, 0.15) is 23.6 Å². The highest BCUT2D eigenvalue weighted by Gasteiger charge is 2.13. The van der Waals surface area contributed by atoms with E-state index in [0.29, 0.717) is 41.2 Å². The van der Waals surface area contributed by atoms with E-state index in [-0.39, 0.29) is 12.3 Å². The van der Waals surface area contributed by atoms with Crippen LogP contribution < -0.4 is 24.4 Å². The maximum atomic E-state index is 10.8. The van der Waals surface area contributed by atoms with Crippen molar-refractivity contribution in [3.63, 3.8) is 0 Å². The van der Waals surface area contributed by atoms with Gasteiger partial charge in [-0.3, -0.25) is 10.1 Å². The summed E-state index contributed by atoms with van der Waals surface area (Å²) < 4.78 is 22.2. The zero-order chi connectivity index (χ0) is 25.2. The van der Waals surface area contributed by atoms with Crippen LogP contribution >= 0.6 is 11.6 Å². The van der Waals surface area contributed by atoms with E-state index in [2.05, 4.69) is 10.5 Å². The van der Waals surface area contributed by atoms with Gasteiger partial charge >= 0.3 is 0 Å². The summed E-state index contributed by atoms with van der Waals surface area (Å²) in [7, 11) is 3.18. The van der Waals surface area contributed by atoms with E-state index in [1.165, 1.54) is 12.1 Å². The first-order valence-corrected chi connectivity index (χ1v) is 11.1. The Morgan fingerprint density at radius 2 is 1.69 bits per heavy atom. The Balaban J connectivity index is 1.66. The molecule has 10 heteroatoms. The zero-order valence-electron chi connectivity index (χ0n) is 19.6. The minimum atomic E-state index is -0.447. The molecule has 3 aromatic carbocycles. The largest absolute Gasteiger partial charge is 0.493 e. The summed E-state index contributed by atoms with van der Waals surface area (Å²) in [6, 6.07) is 15.3. The third kappa shape index (κ3) is 7.00. The Morgan fingerprint density at radius 3 is 2.34 bits per heavy atom. The Kier molecular flexibility index (Phi) is 9.14. The Labute approximate surface area is 208 Å². The van der Waals surface area contributed by atoms with Gasteiger partial charge in [-0.15, -0.1) is 0 Å².